The summed E-state index contributed by atoms with van der Waals surface area (Å²) in [6, 6.07) is 34.0. The zero-order chi connectivity index (χ0) is 22.6. The smallest absolute Gasteiger partial charge is 0.262 e. The van der Waals surface area contributed by atoms with E-state index in [4.69, 9.17) is 4.74 Å². The monoisotopic (exact) mass is 434 g/mol. The molecule has 0 bridgehead atoms. The average molecular weight is 435 g/mol. The molecular weight excluding hydrogens is 408 g/mol. The van der Waals surface area contributed by atoms with Gasteiger partial charge in [-0.3, -0.25) is 9.69 Å². The molecule has 0 aromatic heterocycles. The van der Waals surface area contributed by atoms with Gasteiger partial charge in [-0.15, -0.1) is 0 Å². The molecule has 1 atom stereocenters. The Labute approximate surface area is 194 Å². The lowest BCUT2D eigenvalue weighted by atomic mass is 10.0. The lowest BCUT2D eigenvalue weighted by Crippen LogP contribution is -2.43. The first-order valence-electron chi connectivity index (χ1n) is 11.3. The number of amides is 1. The summed E-state index contributed by atoms with van der Waals surface area (Å²) in [5, 5.41) is 3.56. The first-order chi connectivity index (χ1) is 16.2. The molecule has 5 rings (SSSR count). The maximum Gasteiger partial charge on any atom is 0.262 e. The lowest BCUT2D eigenvalue weighted by molar-refractivity contribution is 0.0975. The first-order valence-corrected chi connectivity index (χ1v) is 11.3. The van der Waals surface area contributed by atoms with Gasteiger partial charge in [0, 0.05) is 11.4 Å². The third kappa shape index (κ3) is 4.33. The number of hydrogen-bond acceptors (Lipinski definition) is 3. The quantitative estimate of drug-likeness (QED) is 0.372. The van der Waals surface area contributed by atoms with Crippen LogP contribution in [0.5, 0.6) is 5.75 Å². The van der Waals surface area contributed by atoms with Crippen molar-refractivity contribution in [2.45, 2.75) is 26.1 Å². The number of fused-ring (bicyclic) bond motifs is 1. The summed E-state index contributed by atoms with van der Waals surface area (Å²) >= 11 is 0. The van der Waals surface area contributed by atoms with Gasteiger partial charge in [0.05, 0.1) is 5.56 Å². The number of ether oxygens (including phenoxy) is 1. The molecule has 1 amide bonds. The van der Waals surface area contributed by atoms with E-state index in [2.05, 4.69) is 24.4 Å². The molecule has 0 fully saturated rings. The molecule has 1 aliphatic rings. The van der Waals surface area contributed by atoms with Crippen molar-refractivity contribution in [3.63, 3.8) is 0 Å². The van der Waals surface area contributed by atoms with Crippen molar-refractivity contribution in [1.82, 2.24) is 0 Å². The molecule has 1 N–H and O–H groups in total. The molecule has 4 aromatic carbocycles. The number of hydrogen-bond donors (Lipinski definition) is 1. The Hall–Kier alpha value is -4.05. The van der Waals surface area contributed by atoms with Gasteiger partial charge in [0.15, 0.2) is 0 Å². The Morgan fingerprint density at radius 2 is 1.48 bits per heavy atom. The maximum atomic E-state index is 13.5. The van der Waals surface area contributed by atoms with E-state index in [1.807, 2.05) is 95.9 Å². The van der Waals surface area contributed by atoms with Crippen molar-refractivity contribution in [3.05, 3.63) is 125 Å². The van der Waals surface area contributed by atoms with Gasteiger partial charge in [0.1, 0.15) is 18.5 Å². The molecule has 4 heteroatoms. The van der Waals surface area contributed by atoms with Gasteiger partial charge in [0.25, 0.3) is 5.91 Å². The van der Waals surface area contributed by atoms with Gasteiger partial charge in [-0.2, -0.15) is 0 Å². The Morgan fingerprint density at radius 1 is 0.788 bits per heavy atom. The summed E-state index contributed by atoms with van der Waals surface area (Å²) in [6.45, 7) is 2.65. The van der Waals surface area contributed by atoms with Crippen molar-refractivity contribution in [2.75, 3.05) is 10.2 Å². The van der Waals surface area contributed by atoms with E-state index in [1.54, 1.807) is 0 Å². The van der Waals surface area contributed by atoms with E-state index in [0.717, 1.165) is 34.7 Å². The predicted octanol–water partition coefficient (Wildman–Crippen LogP) is 6.60. The molecule has 1 heterocycles. The molecule has 0 aliphatic carbocycles. The summed E-state index contributed by atoms with van der Waals surface area (Å²) < 4.78 is 5.95. The Morgan fingerprint density at radius 3 is 2.21 bits per heavy atom. The van der Waals surface area contributed by atoms with Crippen LogP contribution >= 0.6 is 0 Å². The SMILES string of the molecule is CCc1ccc(N2C(=O)c3ccccc3N[C@H]2c2ccc(OCc3ccccc3)cc2)cc1. The number of nitrogens with one attached hydrogen (secondary N) is 1. The molecule has 33 heavy (non-hydrogen) atoms. The normalized spacial score (nSPS) is 15.0. The number of para-hydroxylation sites is 1. The molecule has 4 aromatic rings. The highest BCUT2D eigenvalue weighted by atomic mass is 16.5. The van der Waals surface area contributed by atoms with E-state index in [-0.39, 0.29) is 12.1 Å². The summed E-state index contributed by atoms with van der Waals surface area (Å²) in [6.07, 6.45) is 0.645. The first kappa shape index (κ1) is 20.8. The molecular formula is C29H26N2O2. The van der Waals surface area contributed by atoms with E-state index < -0.39 is 0 Å². The molecule has 164 valence electrons. The second kappa shape index (κ2) is 9.21. The Bertz CT molecular complexity index is 1230. The van der Waals surface area contributed by atoms with Crippen LogP contribution in [0.1, 0.15) is 40.1 Å². The van der Waals surface area contributed by atoms with Crippen LogP contribution in [-0.4, -0.2) is 5.91 Å². The minimum absolute atomic E-state index is 0.0111. The summed E-state index contributed by atoms with van der Waals surface area (Å²) in [5.74, 6) is 0.784. The third-order valence-corrected chi connectivity index (χ3v) is 5.99. The Kier molecular flexibility index (Phi) is 5.81. The van der Waals surface area contributed by atoms with Gasteiger partial charge < -0.3 is 10.1 Å². The third-order valence-electron chi connectivity index (χ3n) is 5.99. The average Bonchev–Trinajstić information content (AvgIpc) is 2.88. The topological polar surface area (TPSA) is 41.6 Å². The zero-order valence-electron chi connectivity index (χ0n) is 18.6. The summed E-state index contributed by atoms with van der Waals surface area (Å²) in [4.78, 5) is 15.4. The van der Waals surface area contributed by atoms with Crippen LogP contribution in [0, 0.1) is 0 Å². The van der Waals surface area contributed by atoms with Crippen LogP contribution in [0.4, 0.5) is 11.4 Å². The molecule has 4 nitrogen and oxygen atoms in total. The standard InChI is InChI=1S/C29H26N2O2/c1-2-21-12-16-24(17-13-21)31-28(30-27-11-7-6-10-26(27)29(31)32)23-14-18-25(19-15-23)33-20-22-8-4-3-5-9-22/h3-19,28,30H,2,20H2,1H3/t28-/m1/s1. The van der Waals surface area contributed by atoms with Gasteiger partial charge in [-0.25, -0.2) is 0 Å². The molecule has 0 unspecified atom stereocenters. The fraction of sp³-hybridized carbons (Fsp3) is 0.138. The number of aryl methyl sites for hydroxylation is 1. The summed E-state index contributed by atoms with van der Waals surface area (Å²) in [5.41, 5.74) is 5.75. The molecule has 0 spiro atoms. The molecule has 0 saturated carbocycles. The van der Waals surface area contributed by atoms with Crippen LogP contribution in [0.15, 0.2) is 103 Å². The molecule has 1 aliphatic heterocycles. The minimum atomic E-state index is -0.317. The van der Waals surface area contributed by atoms with Gasteiger partial charge >= 0.3 is 0 Å². The second-order valence-electron chi connectivity index (χ2n) is 8.13. The number of nitrogens with zero attached hydrogens (tertiary/aromatic N) is 1. The lowest BCUT2D eigenvalue weighted by Gasteiger charge is -2.38. The fourth-order valence-corrected chi connectivity index (χ4v) is 4.13. The van der Waals surface area contributed by atoms with Crippen LogP contribution in [-0.2, 0) is 13.0 Å². The number of anilines is 2. The van der Waals surface area contributed by atoms with Gasteiger partial charge in [-0.05, 0) is 59.5 Å². The maximum absolute atomic E-state index is 13.5. The van der Waals surface area contributed by atoms with Crippen molar-refractivity contribution in [1.29, 1.82) is 0 Å². The van der Waals surface area contributed by atoms with E-state index in [1.165, 1.54) is 5.56 Å². The van der Waals surface area contributed by atoms with Crippen molar-refractivity contribution in [3.8, 4) is 5.75 Å². The second-order valence-corrected chi connectivity index (χ2v) is 8.13. The van der Waals surface area contributed by atoms with Crippen molar-refractivity contribution >= 4 is 17.3 Å². The predicted molar refractivity (Wildman–Crippen MR) is 133 cm³/mol. The summed E-state index contributed by atoms with van der Waals surface area (Å²) in [7, 11) is 0. The van der Waals surface area contributed by atoms with Crippen LogP contribution < -0.4 is 15.0 Å². The molecule has 0 saturated heterocycles. The van der Waals surface area contributed by atoms with Gasteiger partial charge in [-0.1, -0.05) is 73.7 Å². The fourth-order valence-electron chi connectivity index (χ4n) is 4.13. The number of rotatable bonds is 6. The van der Waals surface area contributed by atoms with Crippen LogP contribution in [0.25, 0.3) is 0 Å². The number of carbonyl (C=O) groups is 1. The van der Waals surface area contributed by atoms with E-state index >= 15 is 0 Å². The highest BCUT2D eigenvalue weighted by molar-refractivity contribution is 6.12. The van der Waals surface area contributed by atoms with Crippen LogP contribution in [0.3, 0.4) is 0 Å². The highest BCUT2D eigenvalue weighted by Gasteiger charge is 2.33. The highest BCUT2D eigenvalue weighted by Crippen LogP contribution is 2.37. The molecule has 0 radical (unpaired) electrons. The van der Waals surface area contributed by atoms with Crippen molar-refractivity contribution in [2.24, 2.45) is 0 Å². The van der Waals surface area contributed by atoms with Crippen LogP contribution in [0.2, 0.25) is 0 Å². The van der Waals surface area contributed by atoms with E-state index in [0.29, 0.717) is 12.2 Å². The minimum Gasteiger partial charge on any atom is -0.489 e. The van der Waals surface area contributed by atoms with E-state index in [9.17, 15) is 4.79 Å². The Balaban J connectivity index is 1.44. The zero-order valence-corrected chi connectivity index (χ0v) is 18.6. The van der Waals surface area contributed by atoms with Crippen molar-refractivity contribution < 1.29 is 9.53 Å². The van der Waals surface area contributed by atoms with Gasteiger partial charge in [0.2, 0.25) is 0 Å². The number of benzene rings is 4. The largest absolute Gasteiger partial charge is 0.489 e. The number of carbonyl (C=O) groups excluding carboxylic acids is 1.